The molecule has 0 spiro atoms. The largest absolute Gasteiger partial charge is 0.508 e. The first-order valence-corrected chi connectivity index (χ1v) is 19.0. The Labute approximate surface area is 278 Å². The van der Waals surface area contributed by atoms with Crippen LogP contribution in [0, 0.1) is 0 Å². The topological polar surface area (TPSA) is 20.2 Å². The van der Waals surface area contributed by atoms with Crippen LogP contribution < -0.4 is 0 Å². The summed E-state index contributed by atoms with van der Waals surface area (Å²) in [7, 11) is 0. The predicted molar refractivity (Wildman–Crippen MR) is 198 cm³/mol. The van der Waals surface area contributed by atoms with Crippen LogP contribution in [-0.4, -0.2) is 5.11 Å². The van der Waals surface area contributed by atoms with Gasteiger partial charge in [0.15, 0.2) is 0 Å². The number of hydrogen-bond acceptors (Lipinski definition) is 1. The molecule has 0 aliphatic rings. The van der Waals surface area contributed by atoms with E-state index in [4.69, 9.17) is 0 Å². The first-order valence-electron chi connectivity index (χ1n) is 19.0. The maximum absolute atomic E-state index is 11.1. The SMILES string of the molecule is CCCCCCCCCCc1ccccc1C(C)Cc1cccc(O)c1CC(C)c1ccccc1CCCCCCCCCC. The summed E-state index contributed by atoms with van der Waals surface area (Å²) >= 11 is 0. The summed E-state index contributed by atoms with van der Waals surface area (Å²) in [5.74, 6) is 1.24. The smallest absolute Gasteiger partial charge is 0.119 e. The van der Waals surface area contributed by atoms with Gasteiger partial charge in [-0.3, -0.25) is 0 Å². The normalized spacial score (nSPS) is 12.8. The minimum Gasteiger partial charge on any atom is -0.508 e. The standard InChI is InChI=1S/C44H66O/c1-5-7-9-11-13-15-17-19-26-38-28-21-23-31-41(38)36(3)34-40-30-25-33-44(45)43(40)35-37(4)42-32-24-22-29-39(42)27-20-18-16-14-12-10-8-6-2/h21-25,28-33,36-37,45H,5-20,26-27,34-35H2,1-4H3. The first-order chi connectivity index (χ1) is 22.0. The molecule has 0 heterocycles. The van der Waals surface area contributed by atoms with Gasteiger partial charge in [0.05, 0.1) is 0 Å². The Morgan fingerprint density at radius 1 is 0.444 bits per heavy atom. The van der Waals surface area contributed by atoms with Crippen LogP contribution >= 0.6 is 0 Å². The Morgan fingerprint density at radius 3 is 1.33 bits per heavy atom. The van der Waals surface area contributed by atoms with Gasteiger partial charge in [0.1, 0.15) is 5.75 Å². The molecule has 3 rings (SSSR count). The molecule has 3 aromatic carbocycles. The van der Waals surface area contributed by atoms with Gasteiger partial charge in [0, 0.05) is 0 Å². The van der Waals surface area contributed by atoms with Crippen LogP contribution in [0.25, 0.3) is 0 Å². The Balaban J connectivity index is 1.59. The van der Waals surface area contributed by atoms with Crippen molar-refractivity contribution >= 4 is 0 Å². The van der Waals surface area contributed by atoms with E-state index < -0.39 is 0 Å². The fraction of sp³-hybridized carbons (Fsp3) is 0.591. The number of phenolic OH excluding ortho intramolecular Hbond substituents is 1. The molecular formula is C44H66O. The van der Waals surface area contributed by atoms with E-state index in [0.717, 1.165) is 24.8 Å². The predicted octanol–water partition coefficient (Wildman–Crippen LogP) is 13.5. The minimum atomic E-state index is 0.367. The molecule has 0 radical (unpaired) electrons. The highest BCUT2D eigenvalue weighted by Gasteiger charge is 2.19. The average Bonchev–Trinajstić information content (AvgIpc) is 3.05. The molecule has 0 saturated heterocycles. The lowest BCUT2D eigenvalue weighted by Crippen LogP contribution is -2.08. The van der Waals surface area contributed by atoms with Crippen molar-refractivity contribution in [2.24, 2.45) is 0 Å². The van der Waals surface area contributed by atoms with Gasteiger partial charge in [-0.15, -0.1) is 0 Å². The number of unbranched alkanes of at least 4 members (excludes halogenated alkanes) is 14. The molecule has 0 aliphatic carbocycles. The Hall–Kier alpha value is -2.54. The summed E-state index contributed by atoms with van der Waals surface area (Å²) in [6, 6.07) is 24.4. The lowest BCUT2D eigenvalue weighted by Gasteiger charge is -2.22. The highest BCUT2D eigenvalue weighted by atomic mass is 16.3. The molecule has 248 valence electrons. The minimum absolute atomic E-state index is 0.367. The van der Waals surface area contributed by atoms with Crippen molar-refractivity contribution in [3.63, 3.8) is 0 Å². The van der Waals surface area contributed by atoms with E-state index in [1.165, 1.54) is 137 Å². The van der Waals surface area contributed by atoms with Gasteiger partial charge in [0.2, 0.25) is 0 Å². The van der Waals surface area contributed by atoms with Crippen LogP contribution in [0.15, 0.2) is 66.7 Å². The third-order valence-corrected chi connectivity index (χ3v) is 10.1. The van der Waals surface area contributed by atoms with Gasteiger partial charge in [0.25, 0.3) is 0 Å². The molecule has 0 fully saturated rings. The van der Waals surface area contributed by atoms with Crippen LogP contribution in [0.4, 0.5) is 0 Å². The third-order valence-electron chi connectivity index (χ3n) is 10.1. The molecule has 0 saturated carbocycles. The summed E-state index contributed by atoms with van der Waals surface area (Å²) in [5.41, 5.74) is 8.39. The van der Waals surface area contributed by atoms with Gasteiger partial charge in [-0.1, -0.05) is 178 Å². The van der Waals surface area contributed by atoms with Gasteiger partial charge in [-0.2, -0.15) is 0 Å². The maximum atomic E-state index is 11.1. The molecule has 0 amide bonds. The fourth-order valence-corrected chi connectivity index (χ4v) is 7.29. The summed E-state index contributed by atoms with van der Waals surface area (Å²) in [5, 5.41) is 11.1. The highest BCUT2D eigenvalue weighted by molar-refractivity contribution is 5.43. The Kier molecular flexibility index (Phi) is 18.1. The van der Waals surface area contributed by atoms with E-state index in [1.807, 2.05) is 12.1 Å². The van der Waals surface area contributed by atoms with Gasteiger partial charge in [-0.25, -0.2) is 0 Å². The van der Waals surface area contributed by atoms with Gasteiger partial charge in [-0.05, 0) is 89.8 Å². The lowest BCUT2D eigenvalue weighted by atomic mass is 9.83. The molecule has 45 heavy (non-hydrogen) atoms. The van der Waals surface area contributed by atoms with E-state index in [-0.39, 0.29) is 0 Å². The zero-order chi connectivity index (χ0) is 32.1. The summed E-state index contributed by atoms with van der Waals surface area (Å²) in [4.78, 5) is 0. The Bertz CT molecular complexity index is 1190. The summed E-state index contributed by atoms with van der Waals surface area (Å²) in [6.45, 7) is 9.31. The second-order valence-corrected chi connectivity index (χ2v) is 14.0. The van der Waals surface area contributed by atoms with E-state index in [1.54, 1.807) is 0 Å². The fourth-order valence-electron chi connectivity index (χ4n) is 7.29. The number of rotatable bonds is 24. The summed E-state index contributed by atoms with van der Waals surface area (Å²) in [6.07, 6.45) is 25.9. The van der Waals surface area contributed by atoms with Crippen LogP contribution in [0.2, 0.25) is 0 Å². The van der Waals surface area contributed by atoms with Crippen molar-refractivity contribution in [3.8, 4) is 5.75 Å². The van der Waals surface area contributed by atoms with Crippen molar-refractivity contribution in [1.82, 2.24) is 0 Å². The van der Waals surface area contributed by atoms with Gasteiger partial charge < -0.3 is 5.11 Å². The molecule has 0 bridgehead atoms. The molecule has 1 heteroatoms. The van der Waals surface area contributed by atoms with Crippen molar-refractivity contribution in [2.45, 2.75) is 168 Å². The molecule has 0 aliphatic heterocycles. The first kappa shape index (κ1) is 36.9. The van der Waals surface area contributed by atoms with E-state index in [9.17, 15) is 5.11 Å². The van der Waals surface area contributed by atoms with Crippen LogP contribution in [0.5, 0.6) is 5.75 Å². The van der Waals surface area contributed by atoms with E-state index >= 15 is 0 Å². The molecule has 2 unspecified atom stereocenters. The molecule has 1 nitrogen and oxygen atoms in total. The van der Waals surface area contributed by atoms with Crippen LogP contribution in [0.3, 0.4) is 0 Å². The second kappa shape index (κ2) is 22.1. The maximum Gasteiger partial charge on any atom is 0.119 e. The monoisotopic (exact) mass is 611 g/mol. The number of phenols is 1. The van der Waals surface area contributed by atoms with Crippen molar-refractivity contribution < 1.29 is 5.11 Å². The highest BCUT2D eigenvalue weighted by Crippen LogP contribution is 2.34. The zero-order valence-electron chi connectivity index (χ0n) is 29.6. The lowest BCUT2D eigenvalue weighted by molar-refractivity contribution is 0.464. The van der Waals surface area contributed by atoms with E-state index in [2.05, 4.69) is 82.3 Å². The number of aromatic hydroxyl groups is 1. The molecule has 3 aromatic rings. The second-order valence-electron chi connectivity index (χ2n) is 14.0. The number of hydrogen-bond donors (Lipinski definition) is 1. The quantitative estimate of drug-likeness (QED) is 0.100. The molecular weight excluding hydrogens is 544 g/mol. The van der Waals surface area contributed by atoms with Crippen LogP contribution in [0.1, 0.15) is 176 Å². The van der Waals surface area contributed by atoms with Crippen LogP contribution in [-0.2, 0) is 25.7 Å². The van der Waals surface area contributed by atoms with Crippen molar-refractivity contribution in [3.05, 3.63) is 100 Å². The van der Waals surface area contributed by atoms with E-state index in [0.29, 0.717) is 17.6 Å². The molecule has 1 N–H and O–H groups in total. The Morgan fingerprint density at radius 2 is 0.844 bits per heavy atom. The molecule has 0 aromatic heterocycles. The number of aryl methyl sites for hydroxylation is 2. The zero-order valence-corrected chi connectivity index (χ0v) is 29.6. The average molecular weight is 611 g/mol. The third kappa shape index (κ3) is 13.4. The summed E-state index contributed by atoms with van der Waals surface area (Å²) < 4.78 is 0. The van der Waals surface area contributed by atoms with Gasteiger partial charge >= 0.3 is 0 Å². The molecule has 2 atom stereocenters. The number of benzene rings is 3. The van der Waals surface area contributed by atoms with Crippen molar-refractivity contribution in [1.29, 1.82) is 0 Å². The van der Waals surface area contributed by atoms with Crippen molar-refractivity contribution in [2.75, 3.05) is 0 Å².